The van der Waals surface area contributed by atoms with Gasteiger partial charge in [-0.25, -0.2) is 0 Å². The van der Waals surface area contributed by atoms with Gasteiger partial charge in [0.15, 0.2) is 0 Å². The lowest BCUT2D eigenvalue weighted by Crippen LogP contribution is -2.28. The first kappa shape index (κ1) is 8.95. The molecule has 0 aromatic carbocycles. The van der Waals surface area contributed by atoms with Gasteiger partial charge in [-0.05, 0) is 5.41 Å². The summed E-state index contributed by atoms with van der Waals surface area (Å²) < 4.78 is 0. The minimum absolute atomic E-state index is 0.141. The molecular formula is C6H12BrNO. The average Bonchev–Trinajstić information content (AvgIpc) is 1.59. The highest BCUT2D eigenvalue weighted by Crippen LogP contribution is 2.10. The minimum atomic E-state index is -0.141. The Hall–Kier alpha value is -0.0500. The first-order valence-corrected chi connectivity index (χ1v) is 3.64. The Labute approximate surface area is 64.1 Å². The molecule has 0 aliphatic carbocycles. The van der Waals surface area contributed by atoms with Gasteiger partial charge in [-0.3, -0.25) is 4.79 Å². The van der Waals surface area contributed by atoms with Crippen LogP contribution in [0.4, 0.5) is 4.79 Å². The van der Waals surface area contributed by atoms with Gasteiger partial charge in [0, 0.05) is 22.5 Å². The zero-order valence-electron chi connectivity index (χ0n) is 5.99. The van der Waals surface area contributed by atoms with Crippen LogP contribution >= 0.6 is 15.9 Å². The lowest BCUT2D eigenvalue weighted by Gasteiger charge is -2.16. The highest BCUT2D eigenvalue weighted by molar-refractivity contribution is 9.18. The van der Waals surface area contributed by atoms with Crippen molar-refractivity contribution in [1.82, 2.24) is 5.32 Å². The molecule has 0 unspecified atom stereocenters. The smallest absolute Gasteiger partial charge is 0.287 e. The van der Waals surface area contributed by atoms with Crippen LogP contribution in [-0.4, -0.2) is 11.4 Å². The van der Waals surface area contributed by atoms with Crippen LogP contribution in [0.1, 0.15) is 20.8 Å². The number of carbonyl (C=O) groups is 1. The summed E-state index contributed by atoms with van der Waals surface area (Å²) >= 11 is 2.78. The molecule has 0 atom stereocenters. The number of carbonyl (C=O) groups excluding carboxylic acids is 1. The Morgan fingerprint density at radius 3 is 2.11 bits per heavy atom. The van der Waals surface area contributed by atoms with Crippen molar-refractivity contribution >= 4 is 20.7 Å². The third-order valence-corrected chi connectivity index (χ3v) is 1.04. The fraction of sp³-hybridized carbons (Fsp3) is 0.833. The summed E-state index contributed by atoms with van der Waals surface area (Å²) in [7, 11) is 0. The molecule has 9 heavy (non-hydrogen) atoms. The van der Waals surface area contributed by atoms with Crippen molar-refractivity contribution in [3.05, 3.63) is 0 Å². The van der Waals surface area contributed by atoms with Gasteiger partial charge in [0.05, 0.1) is 0 Å². The highest BCUT2D eigenvalue weighted by atomic mass is 79.9. The van der Waals surface area contributed by atoms with Crippen LogP contribution in [-0.2, 0) is 0 Å². The topological polar surface area (TPSA) is 29.1 Å². The standard InChI is InChI=1S/C6H12BrNO/c1-6(2,3)4-8-5(7)9/h4H2,1-3H3,(H,8,9). The summed E-state index contributed by atoms with van der Waals surface area (Å²) in [5.74, 6) is 0. The summed E-state index contributed by atoms with van der Waals surface area (Å²) in [5, 5.41) is 2.66. The lowest BCUT2D eigenvalue weighted by atomic mass is 9.97. The van der Waals surface area contributed by atoms with Crippen molar-refractivity contribution in [2.75, 3.05) is 6.54 Å². The molecule has 0 saturated heterocycles. The zero-order chi connectivity index (χ0) is 7.49. The molecule has 0 aliphatic rings. The minimum Gasteiger partial charge on any atom is -0.346 e. The van der Waals surface area contributed by atoms with Crippen LogP contribution in [0.2, 0.25) is 0 Å². The lowest BCUT2D eigenvalue weighted by molar-refractivity contribution is 0.256. The van der Waals surface area contributed by atoms with Crippen LogP contribution in [0, 0.1) is 5.41 Å². The molecule has 1 N–H and O–H groups in total. The maximum Gasteiger partial charge on any atom is 0.287 e. The van der Waals surface area contributed by atoms with Gasteiger partial charge in [-0.1, -0.05) is 20.8 Å². The van der Waals surface area contributed by atoms with Crippen molar-refractivity contribution in [2.24, 2.45) is 5.41 Å². The van der Waals surface area contributed by atoms with Crippen LogP contribution < -0.4 is 5.32 Å². The van der Waals surface area contributed by atoms with E-state index in [0.29, 0.717) is 6.54 Å². The zero-order valence-corrected chi connectivity index (χ0v) is 7.58. The van der Waals surface area contributed by atoms with E-state index in [-0.39, 0.29) is 10.2 Å². The maximum atomic E-state index is 10.3. The van der Waals surface area contributed by atoms with Gasteiger partial charge in [0.25, 0.3) is 4.82 Å². The van der Waals surface area contributed by atoms with Gasteiger partial charge in [0.1, 0.15) is 0 Å². The van der Waals surface area contributed by atoms with Gasteiger partial charge >= 0.3 is 0 Å². The molecule has 1 amide bonds. The predicted molar refractivity (Wildman–Crippen MR) is 41.8 cm³/mol. The maximum absolute atomic E-state index is 10.3. The van der Waals surface area contributed by atoms with Crippen LogP contribution in [0.25, 0.3) is 0 Å². The predicted octanol–water partition coefficient (Wildman–Crippen LogP) is 2.14. The van der Waals surface area contributed by atoms with Crippen molar-refractivity contribution in [3.8, 4) is 0 Å². The second-order valence-corrected chi connectivity index (χ2v) is 3.91. The molecule has 0 aromatic rings. The number of rotatable bonds is 1. The van der Waals surface area contributed by atoms with E-state index in [2.05, 4.69) is 42.0 Å². The molecule has 0 fully saturated rings. The molecule has 0 rings (SSSR count). The SMILES string of the molecule is CC(C)(C)CNC(=O)Br. The van der Waals surface area contributed by atoms with E-state index in [1.165, 1.54) is 0 Å². The summed E-state index contributed by atoms with van der Waals surface area (Å²) in [6.07, 6.45) is 0. The van der Waals surface area contributed by atoms with E-state index in [0.717, 1.165) is 0 Å². The van der Waals surface area contributed by atoms with Crippen molar-refractivity contribution in [2.45, 2.75) is 20.8 Å². The molecule has 54 valence electrons. The van der Waals surface area contributed by atoms with Crippen molar-refractivity contribution in [3.63, 3.8) is 0 Å². The largest absolute Gasteiger partial charge is 0.346 e. The summed E-state index contributed by atoms with van der Waals surface area (Å²) in [6.45, 7) is 6.90. The number of hydrogen-bond donors (Lipinski definition) is 1. The van der Waals surface area contributed by atoms with Gasteiger partial charge < -0.3 is 5.32 Å². The van der Waals surface area contributed by atoms with Crippen LogP contribution in [0.5, 0.6) is 0 Å². The van der Waals surface area contributed by atoms with Crippen LogP contribution in [0.3, 0.4) is 0 Å². The number of amides is 1. The van der Waals surface area contributed by atoms with E-state index in [9.17, 15) is 4.79 Å². The van der Waals surface area contributed by atoms with Crippen molar-refractivity contribution in [1.29, 1.82) is 0 Å². The third kappa shape index (κ3) is 7.95. The monoisotopic (exact) mass is 193 g/mol. The molecule has 0 radical (unpaired) electrons. The summed E-state index contributed by atoms with van der Waals surface area (Å²) in [6, 6.07) is 0. The van der Waals surface area contributed by atoms with Crippen molar-refractivity contribution < 1.29 is 4.79 Å². The number of halogens is 1. The van der Waals surface area contributed by atoms with Gasteiger partial charge in [-0.2, -0.15) is 0 Å². The fourth-order valence-corrected chi connectivity index (χ4v) is 0.475. The summed E-state index contributed by atoms with van der Waals surface area (Å²) in [4.78, 5) is 10.2. The Morgan fingerprint density at radius 1 is 1.56 bits per heavy atom. The van der Waals surface area contributed by atoms with Gasteiger partial charge in [-0.15, -0.1) is 0 Å². The highest BCUT2D eigenvalue weighted by Gasteiger charge is 2.09. The number of nitrogens with one attached hydrogen (secondary N) is 1. The van der Waals surface area contributed by atoms with E-state index in [1.807, 2.05) is 0 Å². The number of hydrogen-bond acceptors (Lipinski definition) is 1. The first-order chi connectivity index (χ1) is 3.92. The van der Waals surface area contributed by atoms with E-state index in [1.54, 1.807) is 0 Å². The molecule has 0 aliphatic heterocycles. The quantitative estimate of drug-likeness (QED) is 0.502. The molecule has 2 nitrogen and oxygen atoms in total. The second-order valence-electron chi connectivity index (χ2n) is 3.19. The van der Waals surface area contributed by atoms with Gasteiger partial charge in [0.2, 0.25) is 0 Å². The molecule has 3 heteroatoms. The van der Waals surface area contributed by atoms with Crippen LogP contribution in [0.15, 0.2) is 0 Å². The first-order valence-electron chi connectivity index (χ1n) is 2.85. The van der Waals surface area contributed by atoms with E-state index >= 15 is 0 Å². The Balaban J connectivity index is 3.39. The Morgan fingerprint density at radius 2 is 2.00 bits per heavy atom. The molecule has 0 bridgehead atoms. The molecule has 0 spiro atoms. The van der Waals surface area contributed by atoms with E-state index < -0.39 is 0 Å². The normalized spacial score (nSPS) is 11.1. The molecule has 0 saturated carbocycles. The Kier molecular flexibility index (Phi) is 3.18. The van der Waals surface area contributed by atoms with E-state index in [4.69, 9.17) is 0 Å². The molecular weight excluding hydrogens is 182 g/mol. The molecule has 0 aromatic heterocycles. The fourth-order valence-electron chi connectivity index (χ4n) is 0.335. The third-order valence-electron chi connectivity index (χ3n) is 0.758. The molecule has 0 heterocycles. The second kappa shape index (κ2) is 3.20. The Bertz CT molecular complexity index is 106. The summed E-state index contributed by atoms with van der Waals surface area (Å²) in [5.41, 5.74) is 0.170. The average molecular weight is 194 g/mol.